The number of nitrogens with one attached hydrogen (secondary N) is 1. The van der Waals surface area contributed by atoms with Gasteiger partial charge in [-0.2, -0.15) is 0 Å². The highest BCUT2D eigenvalue weighted by atomic mass is 127. The third-order valence-electron chi connectivity index (χ3n) is 3.63. The summed E-state index contributed by atoms with van der Waals surface area (Å²) in [4.78, 5) is 24.5. The van der Waals surface area contributed by atoms with Crippen molar-refractivity contribution in [3.05, 3.63) is 62.2 Å². The third-order valence-corrected chi connectivity index (χ3v) is 4.59. The molecule has 0 spiro atoms. The molecule has 0 saturated heterocycles. The fourth-order valence-electron chi connectivity index (χ4n) is 2.46. The molecule has 2 N–H and O–H groups in total. The molecular formula is C16H11ClINO3. The lowest BCUT2D eigenvalue weighted by Crippen LogP contribution is -2.36. The summed E-state index contributed by atoms with van der Waals surface area (Å²) in [7, 11) is 0. The first-order chi connectivity index (χ1) is 10.4. The highest BCUT2D eigenvalue weighted by molar-refractivity contribution is 14.1. The molecule has 1 amide bonds. The van der Waals surface area contributed by atoms with Gasteiger partial charge in [0, 0.05) is 25.4 Å². The van der Waals surface area contributed by atoms with Gasteiger partial charge in [-0.15, -0.1) is 0 Å². The predicted octanol–water partition coefficient (Wildman–Crippen LogP) is 3.36. The van der Waals surface area contributed by atoms with Gasteiger partial charge in [0.25, 0.3) is 5.91 Å². The largest absolute Gasteiger partial charge is 0.375 e. The minimum absolute atomic E-state index is 0.304. The second-order valence-corrected chi connectivity index (χ2v) is 6.79. The summed E-state index contributed by atoms with van der Waals surface area (Å²) >= 11 is 8.07. The molecule has 6 heteroatoms. The number of carbonyl (C=O) groups is 2. The maximum absolute atomic E-state index is 12.4. The SMILES string of the molecule is O=C(C[C@]1(O)C(=O)Nc2ccc(Cl)cc21)c1ccc(I)cc1. The lowest BCUT2D eigenvalue weighted by molar-refractivity contribution is -0.133. The van der Waals surface area contributed by atoms with E-state index in [2.05, 4.69) is 27.9 Å². The van der Waals surface area contributed by atoms with Crippen molar-refractivity contribution in [2.24, 2.45) is 0 Å². The number of halogens is 2. The van der Waals surface area contributed by atoms with Gasteiger partial charge in [0.15, 0.2) is 11.4 Å². The monoisotopic (exact) mass is 427 g/mol. The van der Waals surface area contributed by atoms with Crippen LogP contribution in [0.25, 0.3) is 0 Å². The molecule has 0 saturated carbocycles. The van der Waals surface area contributed by atoms with Crippen LogP contribution in [-0.2, 0) is 10.4 Å². The normalized spacial score (nSPS) is 19.7. The summed E-state index contributed by atoms with van der Waals surface area (Å²) in [6.45, 7) is 0. The van der Waals surface area contributed by atoms with Crippen molar-refractivity contribution < 1.29 is 14.7 Å². The molecule has 0 bridgehead atoms. The fraction of sp³-hybridized carbons (Fsp3) is 0.125. The minimum atomic E-state index is -1.89. The number of benzene rings is 2. The van der Waals surface area contributed by atoms with Crippen LogP contribution < -0.4 is 5.32 Å². The Morgan fingerprint density at radius 1 is 1.23 bits per heavy atom. The third kappa shape index (κ3) is 2.64. The second-order valence-electron chi connectivity index (χ2n) is 5.11. The van der Waals surface area contributed by atoms with Crippen LogP contribution in [0.5, 0.6) is 0 Å². The first kappa shape index (κ1) is 15.5. The van der Waals surface area contributed by atoms with Crippen molar-refractivity contribution in [1.82, 2.24) is 0 Å². The molecule has 0 radical (unpaired) electrons. The van der Waals surface area contributed by atoms with Gasteiger partial charge in [0.2, 0.25) is 0 Å². The van der Waals surface area contributed by atoms with Gasteiger partial charge in [-0.3, -0.25) is 9.59 Å². The highest BCUT2D eigenvalue weighted by Crippen LogP contribution is 2.40. The number of hydrogen-bond donors (Lipinski definition) is 2. The van der Waals surface area contributed by atoms with Gasteiger partial charge in [-0.1, -0.05) is 23.7 Å². The Kier molecular flexibility index (Phi) is 3.96. The maximum Gasteiger partial charge on any atom is 0.261 e. The molecule has 112 valence electrons. The van der Waals surface area contributed by atoms with Crippen LogP contribution in [0.3, 0.4) is 0 Å². The van der Waals surface area contributed by atoms with Crippen LogP contribution >= 0.6 is 34.2 Å². The van der Waals surface area contributed by atoms with Gasteiger partial charge in [0.05, 0.1) is 6.42 Å². The van der Waals surface area contributed by atoms with Gasteiger partial charge in [0.1, 0.15) is 0 Å². The maximum atomic E-state index is 12.4. The van der Waals surface area contributed by atoms with E-state index in [1.807, 2.05) is 0 Å². The predicted molar refractivity (Wildman–Crippen MR) is 92.1 cm³/mol. The van der Waals surface area contributed by atoms with Crippen molar-refractivity contribution in [3.8, 4) is 0 Å². The molecule has 0 fully saturated rings. The van der Waals surface area contributed by atoms with Crippen LogP contribution in [0.2, 0.25) is 5.02 Å². The van der Waals surface area contributed by atoms with Gasteiger partial charge in [-0.25, -0.2) is 0 Å². The number of Topliss-reactive ketones (excluding diaryl/α,β-unsaturated/α-hetero) is 1. The number of anilines is 1. The van der Waals surface area contributed by atoms with Crippen molar-refractivity contribution in [1.29, 1.82) is 0 Å². The number of amides is 1. The molecule has 4 nitrogen and oxygen atoms in total. The first-order valence-electron chi connectivity index (χ1n) is 6.53. The van der Waals surface area contributed by atoms with E-state index < -0.39 is 11.5 Å². The van der Waals surface area contributed by atoms with Crippen LogP contribution in [0.1, 0.15) is 22.3 Å². The van der Waals surface area contributed by atoms with Gasteiger partial charge < -0.3 is 10.4 Å². The topological polar surface area (TPSA) is 66.4 Å². The summed E-state index contributed by atoms with van der Waals surface area (Å²) in [5.41, 5.74) is -0.617. The van der Waals surface area contributed by atoms with E-state index in [4.69, 9.17) is 11.6 Å². The first-order valence-corrected chi connectivity index (χ1v) is 7.98. The fourth-order valence-corrected chi connectivity index (χ4v) is 2.99. The van der Waals surface area contributed by atoms with Crippen LogP contribution in [0.15, 0.2) is 42.5 Å². The van der Waals surface area contributed by atoms with E-state index in [9.17, 15) is 14.7 Å². The van der Waals surface area contributed by atoms with E-state index in [1.54, 1.807) is 36.4 Å². The Morgan fingerprint density at radius 3 is 2.59 bits per heavy atom. The van der Waals surface area contributed by atoms with Crippen molar-refractivity contribution in [2.75, 3.05) is 5.32 Å². The molecule has 2 aromatic rings. The smallest absolute Gasteiger partial charge is 0.261 e. The van der Waals surface area contributed by atoms with Crippen LogP contribution in [-0.4, -0.2) is 16.8 Å². The molecule has 0 aromatic heterocycles. The minimum Gasteiger partial charge on any atom is -0.375 e. The quantitative estimate of drug-likeness (QED) is 0.583. The molecule has 1 heterocycles. The van der Waals surface area contributed by atoms with E-state index in [0.29, 0.717) is 21.8 Å². The van der Waals surface area contributed by atoms with E-state index in [0.717, 1.165) is 3.57 Å². The zero-order valence-electron chi connectivity index (χ0n) is 11.3. The Labute approximate surface area is 145 Å². The van der Waals surface area contributed by atoms with Gasteiger partial charge in [-0.05, 0) is 52.9 Å². The molecule has 22 heavy (non-hydrogen) atoms. The summed E-state index contributed by atoms with van der Waals surface area (Å²) < 4.78 is 1.00. The Bertz CT molecular complexity index is 775. The lowest BCUT2D eigenvalue weighted by Gasteiger charge is -2.20. The van der Waals surface area contributed by atoms with E-state index >= 15 is 0 Å². The number of hydrogen-bond acceptors (Lipinski definition) is 3. The number of fused-ring (bicyclic) bond motifs is 1. The number of carbonyl (C=O) groups excluding carboxylic acids is 2. The molecule has 0 aliphatic carbocycles. The number of aliphatic hydroxyl groups is 1. The summed E-state index contributed by atoms with van der Waals surface area (Å²) in [5.74, 6) is -0.912. The molecule has 3 rings (SSSR count). The van der Waals surface area contributed by atoms with Crippen LogP contribution in [0, 0.1) is 3.57 Å². The molecule has 2 aromatic carbocycles. The van der Waals surface area contributed by atoms with Gasteiger partial charge >= 0.3 is 0 Å². The Balaban J connectivity index is 1.94. The average molecular weight is 428 g/mol. The molecular weight excluding hydrogens is 417 g/mol. The summed E-state index contributed by atoms with van der Waals surface area (Å²) in [6, 6.07) is 11.7. The Hall–Kier alpha value is -1.44. The second kappa shape index (κ2) is 5.64. The summed E-state index contributed by atoms with van der Waals surface area (Å²) in [5, 5.41) is 13.7. The molecule has 1 atom stereocenters. The standard InChI is InChI=1S/C16H11ClINO3/c17-10-3-6-13-12(7-10)16(22,15(21)19-13)8-14(20)9-1-4-11(18)5-2-9/h1-7,22H,8H2,(H,19,21)/t16-/m1/s1. The van der Waals surface area contributed by atoms with Crippen molar-refractivity contribution in [3.63, 3.8) is 0 Å². The summed E-state index contributed by atoms with van der Waals surface area (Å²) in [6.07, 6.45) is -0.327. The zero-order valence-corrected chi connectivity index (χ0v) is 14.2. The Morgan fingerprint density at radius 2 is 1.91 bits per heavy atom. The zero-order chi connectivity index (χ0) is 15.9. The van der Waals surface area contributed by atoms with E-state index in [1.165, 1.54) is 6.07 Å². The molecule has 1 aliphatic rings. The molecule has 1 aliphatic heterocycles. The van der Waals surface area contributed by atoms with E-state index in [-0.39, 0.29) is 12.2 Å². The number of rotatable bonds is 3. The van der Waals surface area contributed by atoms with Crippen molar-refractivity contribution in [2.45, 2.75) is 12.0 Å². The van der Waals surface area contributed by atoms with Crippen LogP contribution in [0.4, 0.5) is 5.69 Å². The average Bonchev–Trinajstić information content (AvgIpc) is 2.71. The number of ketones is 1. The lowest BCUT2D eigenvalue weighted by atomic mass is 9.88. The van der Waals surface area contributed by atoms with Crippen molar-refractivity contribution >= 4 is 51.6 Å². The molecule has 0 unspecified atom stereocenters. The highest BCUT2D eigenvalue weighted by Gasteiger charge is 2.46.